The maximum Gasteiger partial charge on any atom is 0.260 e. The first-order valence-electron chi connectivity index (χ1n) is 9.06. The molecule has 0 bridgehead atoms. The minimum absolute atomic E-state index is 0.0321. The summed E-state index contributed by atoms with van der Waals surface area (Å²) in [7, 11) is 1.59. The number of amides is 2. The van der Waals surface area contributed by atoms with E-state index in [2.05, 4.69) is 5.32 Å². The fraction of sp³-hybridized carbons (Fsp3) is 0.579. The number of ether oxygens (including phenoxy) is 3. The number of methoxy groups -OCH3 is 1. The molecule has 1 aliphatic heterocycles. The molecule has 1 fully saturated rings. The van der Waals surface area contributed by atoms with Crippen molar-refractivity contribution in [3.05, 3.63) is 29.3 Å². The van der Waals surface area contributed by atoms with Crippen LogP contribution in [0.5, 0.6) is 5.75 Å². The molecule has 7 nitrogen and oxygen atoms in total. The highest BCUT2D eigenvalue weighted by Gasteiger charge is 2.25. The lowest BCUT2D eigenvalue weighted by molar-refractivity contribution is -0.137. The number of likely N-dealkylation sites (tertiary alicyclic amines) is 1. The lowest BCUT2D eigenvalue weighted by Gasteiger charge is -2.32. The quantitative estimate of drug-likeness (QED) is 0.643. The third-order valence-corrected chi connectivity index (χ3v) is 4.60. The zero-order valence-electron chi connectivity index (χ0n) is 15.8. The van der Waals surface area contributed by atoms with Gasteiger partial charge in [0.1, 0.15) is 12.4 Å². The van der Waals surface area contributed by atoms with E-state index in [1.54, 1.807) is 43.2 Å². The van der Waals surface area contributed by atoms with Gasteiger partial charge >= 0.3 is 0 Å². The van der Waals surface area contributed by atoms with Crippen LogP contribution in [0, 0.1) is 0 Å². The molecule has 0 aromatic heterocycles. The molecule has 0 radical (unpaired) electrons. The Balaban J connectivity index is 1.69. The monoisotopic (exact) mass is 398 g/mol. The molecule has 0 saturated carbocycles. The van der Waals surface area contributed by atoms with Gasteiger partial charge < -0.3 is 24.4 Å². The van der Waals surface area contributed by atoms with Crippen molar-refractivity contribution in [2.24, 2.45) is 0 Å². The first-order valence-corrected chi connectivity index (χ1v) is 9.44. The second-order valence-electron chi connectivity index (χ2n) is 6.42. The van der Waals surface area contributed by atoms with Gasteiger partial charge in [-0.05, 0) is 44.0 Å². The van der Waals surface area contributed by atoms with Gasteiger partial charge in [0.15, 0.2) is 6.10 Å². The average Bonchev–Trinajstić information content (AvgIpc) is 2.67. The van der Waals surface area contributed by atoms with Gasteiger partial charge in [-0.3, -0.25) is 9.59 Å². The zero-order valence-corrected chi connectivity index (χ0v) is 16.5. The van der Waals surface area contributed by atoms with Gasteiger partial charge in [0.05, 0.1) is 13.2 Å². The number of benzene rings is 1. The first kappa shape index (κ1) is 21.5. The van der Waals surface area contributed by atoms with Crippen molar-refractivity contribution in [1.82, 2.24) is 10.2 Å². The lowest BCUT2D eigenvalue weighted by Crippen LogP contribution is -2.49. The molecular weight excluding hydrogens is 372 g/mol. The molecule has 150 valence electrons. The van der Waals surface area contributed by atoms with Crippen LogP contribution < -0.4 is 10.1 Å². The lowest BCUT2D eigenvalue weighted by atomic mass is 10.0. The number of piperidine rings is 1. The number of hydrogen-bond acceptors (Lipinski definition) is 5. The molecule has 27 heavy (non-hydrogen) atoms. The SMILES string of the molecule is COCCOCC(=O)N1CCC(NC(=O)C(C)Oc2ccc(Cl)cc2)CC1. The van der Waals surface area contributed by atoms with E-state index in [9.17, 15) is 9.59 Å². The van der Waals surface area contributed by atoms with Gasteiger partial charge in [-0.25, -0.2) is 0 Å². The predicted octanol–water partition coefficient (Wildman–Crippen LogP) is 1.88. The minimum Gasteiger partial charge on any atom is -0.481 e. The Bertz CT molecular complexity index is 603. The average molecular weight is 399 g/mol. The van der Waals surface area contributed by atoms with Crippen LogP contribution >= 0.6 is 11.6 Å². The fourth-order valence-electron chi connectivity index (χ4n) is 2.76. The molecule has 1 aromatic rings. The summed E-state index contributed by atoms with van der Waals surface area (Å²) in [4.78, 5) is 26.2. The van der Waals surface area contributed by atoms with Crippen molar-refractivity contribution in [3.8, 4) is 5.75 Å². The maximum atomic E-state index is 12.3. The van der Waals surface area contributed by atoms with Crippen molar-refractivity contribution in [3.63, 3.8) is 0 Å². The molecule has 0 aliphatic carbocycles. The van der Waals surface area contributed by atoms with Crippen LogP contribution in [0.4, 0.5) is 0 Å². The number of halogens is 1. The highest BCUT2D eigenvalue weighted by atomic mass is 35.5. The second kappa shape index (κ2) is 11.1. The van der Waals surface area contributed by atoms with Crippen molar-refractivity contribution in [2.45, 2.75) is 31.9 Å². The van der Waals surface area contributed by atoms with E-state index >= 15 is 0 Å². The highest BCUT2D eigenvalue weighted by Crippen LogP contribution is 2.17. The summed E-state index contributed by atoms with van der Waals surface area (Å²) >= 11 is 5.84. The van der Waals surface area contributed by atoms with Crippen molar-refractivity contribution in [2.75, 3.05) is 40.0 Å². The van der Waals surface area contributed by atoms with Crippen LogP contribution in [0.25, 0.3) is 0 Å². The van der Waals surface area contributed by atoms with Crippen LogP contribution in [-0.4, -0.2) is 68.9 Å². The standard InChI is InChI=1S/C19H27ClN2O5/c1-14(27-17-5-3-15(20)4-6-17)19(24)21-16-7-9-22(10-8-16)18(23)13-26-12-11-25-2/h3-6,14,16H,7-13H2,1-2H3,(H,21,24). The molecule has 1 atom stereocenters. The smallest absolute Gasteiger partial charge is 0.260 e. The summed E-state index contributed by atoms with van der Waals surface area (Å²) in [5.41, 5.74) is 0. The van der Waals surface area contributed by atoms with E-state index < -0.39 is 6.10 Å². The van der Waals surface area contributed by atoms with Crippen molar-refractivity contribution >= 4 is 23.4 Å². The molecule has 1 unspecified atom stereocenters. The van der Waals surface area contributed by atoms with Crippen molar-refractivity contribution in [1.29, 1.82) is 0 Å². The maximum absolute atomic E-state index is 12.3. The Morgan fingerprint density at radius 2 is 1.89 bits per heavy atom. The number of carbonyl (C=O) groups is 2. The predicted molar refractivity (Wildman–Crippen MR) is 102 cm³/mol. The topological polar surface area (TPSA) is 77.1 Å². The molecule has 2 amide bonds. The number of hydrogen-bond donors (Lipinski definition) is 1. The van der Waals surface area contributed by atoms with Gasteiger partial charge in [0.2, 0.25) is 5.91 Å². The molecule has 1 N–H and O–H groups in total. The number of nitrogens with one attached hydrogen (secondary N) is 1. The molecule has 1 heterocycles. The Labute approximate surface area is 164 Å². The molecule has 1 saturated heterocycles. The Morgan fingerprint density at radius 1 is 1.22 bits per heavy atom. The van der Waals surface area contributed by atoms with E-state index in [-0.39, 0.29) is 24.5 Å². The largest absolute Gasteiger partial charge is 0.481 e. The van der Waals surface area contributed by atoms with Crippen molar-refractivity contribution < 1.29 is 23.8 Å². The molecule has 1 aromatic carbocycles. The number of nitrogens with zero attached hydrogens (tertiary/aromatic N) is 1. The molecular formula is C19H27ClN2O5. The Kier molecular flexibility index (Phi) is 8.84. The normalized spacial score (nSPS) is 16.0. The van der Waals surface area contributed by atoms with Crippen LogP contribution in [0.15, 0.2) is 24.3 Å². The zero-order chi connectivity index (χ0) is 19.6. The van der Waals surface area contributed by atoms with E-state index in [0.29, 0.717) is 49.9 Å². The van der Waals surface area contributed by atoms with E-state index in [1.807, 2.05) is 0 Å². The van der Waals surface area contributed by atoms with Gasteiger partial charge in [-0.15, -0.1) is 0 Å². The van der Waals surface area contributed by atoms with Crippen LogP contribution in [0.2, 0.25) is 5.02 Å². The summed E-state index contributed by atoms with van der Waals surface area (Å²) in [5, 5.41) is 3.61. The van der Waals surface area contributed by atoms with Gasteiger partial charge in [0, 0.05) is 31.3 Å². The molecule has 2 rings (SSSR count). The second-order valence-corrected chi connectivity index (χ2v) is 6.86. The van der Waals surface area contributed by atoms with Gasteiger partial charge in [0.25, 0.3) is 5.91 Å². The van der Waals surface area contributed by atoms with Gasteiger partial charge in [-0.1, -0.05) is 11.6 Å². The van der Waals surface area contributed by atoms with Crippen LogP contribution in [-0.2, 0) is 19.1 Å². The van der Waals surface area contributed by atoms with E-state index in [1.165, 1.54) is 0 Å². The molecule has 0 spiro atoms. The number of carbonyl (C=O) groups excluding carboxylic acids is 2. The summed E-state index contributed by atoms with van der Waals surface area (Å²) in [6.07, 6.45) is 0.812. The summed E-state index contributed by atoms with van der Waals surface area (Å²) in [6, 6.07) is 6.92. The van der Waals surface area contributed by atoms with E-state index in [0.717, 1.165) is 0 Å². The first-order chi connectivity index (χ1) is 13.0. The van der Waals surface area contributed by atoms with Crippen LogP contribution in [0.1, 0.15) is 19.8 Å². The Hall–Kier alpha value is -1.83. The molecule has 8 heteroatoms. The summed E-state index contributed by atoms with van der Waals surface area (Å²) < 4.78 is 15.8. The third kappa shape index (κ3) is 7.36. The van der Waals surface area contributed by atoms with E-state index in [4.69, 9.17) is 25.8 Å². The summed E-state index contributed by atoms with van der Waals surface area (Å²) in [5.74, 6) is 0.392. The minimum atomic E-state index is -0.611. The number of rotatable bonds is 9. The Morgan fingerprint density at radius 3 is 2.52 bits per heavy atom. The highest BCUT2D eigenvalue weighted by molar-refractivity contribution is 6.30. The molecule has 1 aliphatic rings. The van der Waals surface area contributed by atoms with Crippen LogP contribution in [0.3, 0.4) is 0 Å². The summed E-state index contributed by atoms with van der Waals surface area (Å²) in [6.45, 7) is 3.85. The van der Waals surface area contributed by atoms with Gasteiger partial charge in [-0.2, -0.15) is 0 Å². The fourth-order valence-corrected chi connectivity index (χ4v) is 2.88. The third-order valence-electron chi connectivity index (χ3n) is 4.35.